The molecule has 5 rings (SSSR count). The van der Waals surface area contributed by atoms with Crippen LogP contribution in [0.25, 0.3) is 0 Å². The fourth-order valence-corrected chi connectivity index (χ4v) is 5.11. The Morgan fingerprint density at radius 1 is 1.05 bits per heavy atom. The number of aryl methyl sites for hydroxylation is 1. The van der Waals surface area contributed by atoms with Gasteiger partial charge in [-0.3, -0.25) is 14.5 Å². The van der Waals surface area contributed by atoms with Crippen molar-refractivity contribution in [2.24, 2.45) is 0 Å². The van der Waals surface area contributed by atoms with Crippen LogP contribution in [0.3, 0.4) is 0 Å². The topological polar surface area (TPSA) is 98.8 Å². The van der Waals surface area contributed by atoms with Crippen molar-refractivity contribution in [1.29, 1.82) is 0 Å². The van der Waals surface area contributed by atoms with Crippen LogP contribution in [0.1, 0.15) is 39.5 Å². The van der Waals surface area contributed by atoms with Crippen LogP contribution in [0.4, 0.5) is 30.5 Å². The highest BCUT2D eigenvalue weighted by atomic mass is 19.4. The molecule has 0 atom stereocenters. The molecule has 2 aliphatic rings. The molecule has 12 heteroatoms. The van der Waals surface area contributed by atoms with Gasteiger partial charge in [0.1, 0.15) is 23.1 Å². The van der Waals surface area contributed by atoms with Crippen LogP contribution >= 0.6 is 0 Å². The first-order chi connectivity index (χ1) is 20.0. The lowest BCUT2D eigenvalue weighted by Crippen LogP contribution is -2.44. The molecule has 2 amide bonds. The number of fused-ring (bicyclic) bond motifs is 1. The van der Waals surface area contributed by atoms with Gasteiger partial charge in [0, 0.05) is 69.1 Å². The predicted octanol–water partition coefficient (Wildman–Crippen LogP) is 5.13. The minimum atomic E-state index is -4.57. The van der Waals surface area contributed by atoms with E-state index in [1.807, 2.05) is 11.9 Å². The molecule has 222 valence electrons. The van der Waals surface area contributed by atoms with E-state index in [9.17, 15) is 22.8 Å². The predicted molar refractivity (Wildman–Crippen MR) is 154 cm³/mol. The summed E-state index contributed by atoms with van der Waals surface area (Å²) in [5, 5.41) is 8.44. The Kier molecular flexibility index (Phi) is 8.37. The highest BCUT2D eigenvalue weighted by Crippen LogP contribution is 2.37. The van der Waals surface area contributed by atoms with Crippen LogP contribution in [0, 0.1) is 6.92 Å². The molecule has 0 bridgehead atoms. The minimum Gasteiger partial charge on any atom is -0.457 e. The van der Waals surface area contributed by atoms with E-state index in [1.165, 1.54) is 19.1 Å². The fraction of sp³-hybridized carbons (Fsp3) is 0.367. The summed E-state index contributed by atoms with van der Waals surface area (Å²) in [5.74, 6) is 0.943. The van der Waals surface area contributed by atoms with Gasteiger partial charge in [-0.25, -0.2) is 4.98 Å². The number of ether oxygens (including phenoxy) is 1. The summed E-state index contributed by atoms with van der Waals surface area (Å²) in [6.07, 6.45) is -3.90. The number of pyridine rings is 1. The second-order valence-corrected chi connectivity index (χ2v) is 10.7. The summed E-state index contributed by atoms with van der Waals surface area (Å²) in [6, 6.07) is 10.5. The number of alkyl halides is 3. The number of aromatic nitrogens is 1. The fourth-order valence-electron chi connectivity index (χ4n) is 5.11. The van der Waals surface area contributed by atoms with Gasteiger partial charge in [0.05, 0.1) is 5.56 Å². The average molecular weight is 583 g/mol. The molecular formula is C30H33F3N6O3. The number of carbonyl (C=O) groups excluding carboxylic acids is 2. The number of rotatable bonds is 7. The van der Waals surface area contributed by atoms with Gasteiger partial charge in [-0.05, 0) is 55.8 Å². The van der Waals surface area contributed by atoms with Crippen molar-refractivity contribution in [3.8, 4) is 11.5 Å². The smallest absolute Gasteiger partial charge is 0.416 e. The third-order valence-electron chi connectivity index (χ3n) is 7.40. The largest absolute Gasteiger partial charge is 0.457 e. The van der Waals surface area contributed by atoms with Crippen molar-refractivity contribution in [2.45, 2.75) is 33.0 Å². The Bertz CT molecular complexity index is 1500. The second-order valence-electron chi connectivity index (χ2n) is 10.7. The summed E-state index contributed by atoms with van der Waals surface area (Å²) in [5.41, 5.74) is 1.19. The van der Waals surface area contributed by atoms with Gasteiger partial charge in [0.2, 0.25) is 5.91 Å². The van der Waals surface area contributed by atoms with Gasteiger partial charge in [-0.1, -0.05) is 12.1 Å². The lowest BCUT2D eigenvalue weighted by molar-refractivity contribution is -0.138. The van der Waals surface area contributed by atoms with E-state index < -0.39 is 17.6 Å². The average Bonchev–Trinajstić information content (AvgIpc) is 3.40. The van der Waals surface area contributed by atoms with Crippen molar-refractivity contribution < 1.29 is 27.5 Å². The van der Waals surface area contributed by atoms with Crippen LogP contribution in [-0.4, -0.2) is 66.4 Å². The number of benzene rings is 2. The van der Waals surface area contributed by atoms with Crippen molar-refractivity contribution >= 4 is 29.1 Å². The summed E-state index contributed by atoms with van der Waals surface area (Å²) < 4.78 is 48.2. The SMILES string of the molecule is CC(=O)Nc1cc(Oc2ccc(C)c(C(=O)Nc3ccc(CN4CCN(C)CC4)c(C(F)(F)F)c3)c2)c2c(n1)NCC2. The van der Waals surface area contributed by atoms with E-state index >= 15 is 0 Å². The number of halogens is 3. The molecule has 1 saturated heterocycles. The molecule has 42 heavy (non-hydrogen) atoms. The Balaban J connectivity index is 1.35. The zero-order valence-electron chi connectivity index (χ0n) is 23.7. The van der Waals surface area contributed by atoms with Crippen LogP contribution in [0.2, 0.25) is 0 Å². The van der Waals surface area contributed by atoms with Gasteiger partial charge in [0.15, 0.2) is 0 Å². The first kappa shape index (κ1) is 29.3. The zero-order chi connectivity index (χ0) is 30.0. The Labute approximate surface area is 242 Å². The van der Waals surface area contributed by atoms with Crippen molar-refractivity contribution in [2.75, 3.05) is 55.7 Å². The molecule has 1 fully saturated rings. The van der Waals surface area contributed by atoms with E-state index in [0.29, 0.717) is 54.8 Å². The van der Waals surface area contributed by atoms with E-state index in [2.05, 4.69) is 25.8 Å². The second kappa shape index (κ2) is 12.0. The first-order valence-corrected chi connectivity index (χ1v) is 13.7. The quantitative estimate of drug-likeness (QED) is 0.356. The summed E-state index contributed by atoms with van der Waals surface area (Å²) >= 11 is 0. The lowest BCUT2D eigenvalue weighted by Gasteiger charge is -2.33. The van der Waals surface area contributed by atoms with E-state index in [-0.39, 0.29) is 29.3 Å². The molecule has 0 radical (unpaired) electrons. The van der Waals surface area contributed by atoms with Gasteiger partial charge in [-0.2, -0.15) is 13.2 Å². The molecule has 3 heterocycles. The molecule has 0 aliphatic carbocycles. The number of likely N-dealkylation sites (N-methyl/N-ethyl adjacent to an activating group) is 1. The number of nitrogens with zero attached hydrogens (tertiary/aromatic N) is 3. The summed E-state index contributed by atoms with van der Waals surface area (Å²) in [6.45, 7) is 6.96. The Morgan fingerprint density at radius 3 is 2.52 bits per heavy atom. The third-order valence-corrected chi connectivity index (χ3v) is 7.40. The maximum atomic E-state index is 14.0. The maximum Gasteiger partial charge on any atom is 0.416 e. The molecule has 2 aromatic carbocycles. The normalized spacial score (nSPS) is 15.6. The number of piperazine rings is 1. The number of carbonyl (C=O) groups is 2. The molecule has 3 aromatic rings. The van der Waals surface area contributed by atoms with E-state index in [1.54, 1.807) is 31.2 Å². The molecular weight excluding hydrogens is 549 g/mol. The van der Waals surface area contributed by atoms with Crippen LogP contribution < -0.4 is 20.7 Å². The van der Waals surface area contributed by atoms with Crippen LogP contribution in [0.15, 0.2) is 42.5 Å². The summed E-state index contributed by atoms with van der Waals surface area (Å²) in [4.78, 5) is 33.4. The Hall–Kier alpha value is -4.16. The zero-order valence-corrected chi connectivity index (χ0v) is 23.7. The van der Waals surface area contributed by atoms with Gasteiger partial charge >= 0.3 is 6.18 Å². The van der Waals surface area contributed by atoms with Crippen LogP contribution in [-0.2, 0) is 23.9 Å². The number of amides is 2. The van der Waals surface area contributed by atoms with Gasteiger partial charge in [-0.15, -0.1) is 0 Å². The minimum absolute atomic E-state index is 0.0538. The van der Waals surface area contributed by atoms with E-state index in [4.69, 9.17) is 4.74 Å². The Morgan fingerprint density at radius 2 is 1.81 bits per heavy atom. The summed E-state index contributed by atoms with van der Waals surface area (Å²) in [7, 11) is 1.99. The number of anilines is 3. The van der Waals surface area contributed by atoms with Crippen molar-refractivity contribution in [3.05, 3.63) is 70.3 Å². The monoisotopic (exact) mass is 582 g/mol. The third kappa shape index (κ3) is 6.82. The van der Waals surface area contributed by atoms with Crippen LogP contribution in [0.5, 0.6) is 11.5 Å². The number of nitrogens with one attached hydrogen (secondary N) is 3. The molecule has 9 nitrogen and oxygen atoms in total. The molecule has 2 aliphatic heterocycles. The highest BCUT2D eigenvalue weighted by Gasteiger charge is 2.34. The molecule has 3 N–H and O–H groups in total. The van der Waals surface area contributed by atoms with Crippen molar-refractivity contribution in [3.63, 3.8) is 0 Å². The van der Waals surface area contributed by atoms with Gasteiger partial charge in [0.25, 0.3) is 5.91 Å². The van der Waals surface area contributed by atoms with Gasteiger partial charge < -0.3 is 25.6 Å². The number of hydrogen-bond acceptors (Lipinski definition) is 7. The van der Waals surface area contributed by atoms with E-state index in [0.717, 1.165) is 24.7 Å². The van der Waals surface area contributed by atoms with Crippen molar-refractivity contribution in [1.82, 2.24) is 14.8 Å². The lowest BCUT2D eigenvalue weighted by atomic mass is 10.0. The number of hydrogen-bond donors (Lipinski definition) is 3. The standard InChI is InChI=1S/C30H33F3N6O3/c1-18-4-7-22(42-26-16-27(35-19(2)40)37-28-23(26)8-9-34-28)15-24(18)29(41)36-21-6-5-20(25(14-21)30(31,32)33)17-39-12-10-38(3)11-13-39/h4-7,14-16H,8-13,17H2,1-3H3,(H,36,41)(H2,34,35,37,40). The highest BCUT2D eigenvalue weighted by molar-refractivity contribution is 6.05. The molecule has 0 saturated carbocycles. The first-order valence-electron chi connectivity index (χ1n) is 13.7. The molecule has 1 aromatic heterocycles. The maximum absolute atomic E-state index is 14.0. The molecule has 0 spiro atoms. The molecule has 0 unspecified atom stereocenters.